The van der Waals surface area contributed by atoms with E-state index in [9.17, 15) is 4.39 Å². The van der Waals surface area contributed by atoms with Crippen LogP contribution in [0.15, 0.2) is 18.2 Å². The van der Waals surface area contributed by atoms with Crippen molar-refractivity contribution in [3.63, 3.8) is 0 Å². The summed E-state index contributed by atoms with van der Waals surface area (Å²) in [5.41, 5.74) is 2.02. The summed E-state index contributed by atoms with van der Waals surface area (Å²) >= 11 is 0. The predicted molar refractivity (Wildman–Crippen MR) is 78.1 cm³/mol. The molecule has 0 bridgehead atoms. The lowest BCUT2D eigenvalue weighted by Crippen LogP contribution is -2.50. The lowest BCUT2D eigenvalue weighted by molar-refractivity contribution is 0.275. The van der Waals surface area contributed by atoms with Crippen molar-refractivity contribution < 1.29 is 4.39 Å². The van der Waals surface area contributed by atoms with E-state index in [1.54, 1.807) is 12.1 Å². The second kappa shape index (κ2) is 6.35. The van der Waals surface area contributed by atoms with Crippen LogP contribution < -0.4 is 10.2 Å². The number of rotatable bonds is 4. The topological polar surface area (TPSA) is 18.5 Å². The van der Waals surface area contributed by atoms with Crippen LogP contribution in [0.1, 0.15) is 19.4 Å². The van der Waals surface area contributed by atoms with Crippen LogP contribution in [0.3, 0.4) is 0 Å². The van der Waals surface area contributed by atoms with E-state index < -0.39 is 0 Å². The van der Waals surface area contributed by atoms with Gasteiger partial charge in [-0.15, -0.1) is 0 Å². The molecular formula is C15H24FN3. The molecule has 106 valence electrons. The van der Waals surface area contributed by atoms with Gasteiger partial charge in [0.1, 0.15) is 5.82 Å². The summed E-state index contributed by atoms with van der Waals surface area (Å²) < 4.78 is 13.7. The summed E-state index contributed by atoms with van der Waals surface area (Å²) in [5.74, 6) is -0.142. The number of anilines is 1. The fourth-order valence-electron chi connectivity index (χ4n) is 2.69. The third-order valence-electron chi connectivity index (χ3n) is 3.68. The molecular weight excluding hydrogens is 241 g/mol. The molecule has 1 aromatic carbocycles. The minimum absolute atomic E-state index is 0.142. The van der Waals surface area contributed by atoms with Crippen molar-refractivity contribution >= 4 is 5.69 Å². The predicted octanol–water partition coefficient (Wildman–Crippen LogP) is 2.08. The van der Waals surface area contributed by atoms with Gasteiger partial charge in [0, 0.05) is 37.9 Å². The van der Waals surface area contributed by atoms with Crippen LogP contribution in [0.25, 0.3) is 0 Å². The van der Waals surface area contributed by atoms with Crippen molar-refractivity contribution in [2.45, 2.75) is 26.4 Å². The maximum atomic E-state index is 13.7. The van der Waals surface area contributed by atoms with Gasteiger partial charge >= 0.3 is 0 Å². The van der Waals surface area contributed by atoms with Gasteiger partial charge in [-0.05, 0) is 44.3 Å². The standard InChI is InChI=1S/C15H24FN3/c1-4-17-10-13-7-14(16)9-15(8-13)19-6-5-18(3)11-12(19)2/h7-9,12,17H,4-6,10-11H2,1-3H3. The molecule has 1 N–H and O–H groups in total. The minimum Gasteiger partial charge on any atom is -0.366 e. The largest absolute Gasteiger partial charge is 0.366 e. The molecule has 4 heteroatoms. The second-order valence-electron chi connectivity index (χ2n) is 5.40. The van der Waals surface area contributed by atoms with E-state index in [0.29, 0.717) is 6.04 Å². The number of piperazine rings is 1. The molecule has 0 saturated carbocycles. The van der Waals surface area contributed by atoms with Crippen LogP contribution in [0, 0.1) is 5.82 Å². The molecule has 0 amide bonds. The van der Waals surface area contributed by atoms with Crippen LogP contribution in [-0.4, -0.2) is 44.2 Å². The first kappa shape index (κ1) is 14.3. The fourth-order valence-corrected chi connectivity index (χ4v) is 2.69. The summed E-state index contributed by atoms with van der Waals surface area (Å²) in [6, 6.07) is 5.80. The van der Waals surface area contributed by atoms with Crippen molar-refractivity contribution in [3.05, 3.63) is 29.6 Å². The maximum absolute atomic E-state index is 13.7. The first-order valence-corrected chi connectivity index (χ1v) is 7.05. The number of nitrogens with zero attached hydrogens (tertiary/aromatic N) is 2. The highest BCUT2D eigenvalue weighted by atomic mass is 19.1. The van der Waals surface area contributed by atoms with Gasteiger partial charge in [0.15, 0.2) is 0 Å². The van der Waals surface area contributed by atoms with Gasteiger partial charge in [0.2, 0.25) is 0 Å². The quantitative estimate of drug-likeness (QED) is 0.899. The van der Waals surface area contributed by atoms with Crippen LogP contribution in [-0.2, 0) is 6.54 Å². The molecule has 0 aliphatic carbocycles. The van der Waals surface area contributed by atoms with Gasteiger partial charge in [-0.2, -0.15) is 0 Å². The smallest absolute Gasteiger partial charge is 0.125 e. The molecule has 3 nitrogen and oxygen atoms in total. The van der Waals surface area contributed by atoms with E-state index in [-0.39, 0.29) is 5.82 Å². The molecule has 2 rings (SSSR count). The highest BCUT2D eigenvalue weighted by Crippen LogP contribution is 2.23. The number of benzene rings is 1. The molecule has 0 radical (unpaired) electrons. The Hall–Kier alpha value is -1.13. The van der Waals surface area contributed by atoms with Crippen molar-refractivity contribution in [2.24, 2.45) is 0 Å². The number of nitrogens with one attached hydrogen (secondary N) is 1. The summed E-state index contributed by atoms with van der Waals surface area (Å²) in [6.45, 7) is 8.90. The van der Waals surface area contributed by atoms with E-state index >= 15 is 0 Å². The molecule has 19 heavy (non-hydrogen) atoms. The molecule has 0 aromatic heterocycles. The van der Waals surface area contributed by atoms with E-state index in [2.05, 4.69) is 42.1 Å². The zero-order valence-corrected chi connectivity index (χ0v) is 12.1. The Morgan fingerprint density at radius 1 is 1.32 bits per heavy atom. The lowest BCUT2D eigenvalue weighted by Gasteiger charge is -2.40. The van der Waals surface area contributed by atoms with Gasteiger partial charge in [-0.25, -0.2) is 4.39 Å². The van der Waals surface area contributed by atoms with Crippen molar-refractivity contribution in [3.8, 4) is 0 Å². The van der Waals surface area contributed by atoms with Gasteiger partial charge in [-0.3, -0.25) is 0 Å². The summed E-state index contributed by atoms with van der Waals surface area (Å²) in [7, 11) is 2.13. The van der Waals surface area contributed by atoms with Crippen molar-refractivity contribution in [2.75, 3.05) is 38.1 Å². The summed E-state index contributed by atoms with van der Waals surface area (Å²) in [4.78, 5) is 4.62. The Labute approximate surface area is 115 Å². The third kappa shape index (κ3) is 3.67. The summed E-state index contributed by atoms with van der Waals surface area (Å²) in [5, 5.41) is 3.25. The molecule has 1 aromatic rings. The Bertz CT molecular complexity index is 422. The Balaban J connectivity index is 2.16. The average Bonchev–Trinajstić information content (AvgIpc) is 2.35. The number of hydrogen-bond donors (Lipinski definition) is 1. The first-order chi connectivity index (χ1) is 9.10. The Morgan fingerprint density at radius 2 is 2.11 bits per heavy atom. The zero-order valence-electron chi connectivity index (χ0n) is 12.1. The normalized spacial score (nSPS) is 20.8. The molecule has 1 heterocycles. The highest BCUT2D eigenvalue weighted by molar-refractivity contribution is 5.50. The molecule has 0 spiro atoms. The molecule has 1 aliphatic heterocycles. The Kier molecular flexibility index (Phi) is 4.77. The second-order valence-corrected chi connectivity index (χ2v) is 5.40. The molecule has 1 saturated heterocycles. The molecule has 1 unspecified atom stereocenters. The number of halogens is 1. The van der Waals surface area contributed by atoms with E-state index in [1.165, 1.54) is 0 Å². The third-order valence-corrected chi connectivity index (χ3v) is 3.68. The SMILES string of the molecule is CCNCc1cc(F)cc(N2CCN(C)CC2C)c1. The van der Waals surface area contributed by atoms with E-state index in [1.807, 2.05) is 0 Å². The van der Waals surface area contributed by atoms with Gasteiger partial charge in [0.05, 0.1) is 0 Å². The van der Waals surface area contributed by atoms with Crippen LogP contribution in [0.4, 0.5) is 10.1 Å². The molecule has 1 aliphatic rings. The first-order valence-electron chi connectivity index (χ1n) is 7.05. The minimum atomic E-state index is -0.142. The molecule has 1 fully saturated rings. The number of hydrogen-bond acceptors (Lipinski definition) is 3. The zero-order chi connectivity index (χ0) is 13.8. The van der Waals surface area contributed by atoms with E-state index in [4.69, 9.17) is 0 Å². The van der Waals surface area contributed by atoms with Gasteiger partial charge in [-0.1, -0.05) is 6.92 Å². The summed E-state index contributed by atoms with van der Waals surface area (Å²) in [6.07, 6.45) is 0. The van der Waals surface area contributed by atoms with Gasteiger partial charge < -0.3 is 15.1 Å². The average molecular weight is 265 g/mol. The van der Waals surface area contributed by atoms with Crippen LogP contribution >= 0.6 is 0 Å². The van der Waals surface area contributed by atoms with Crippen LogP contribution in [0.5, 0.6) is 0 Å². The van der Waals surface area contributed by atoms with Crippen molar-refractivity contribution in [1.82, 2.24) is 10.2 Å². The highest BCUT2D eigenvalue weighted by Gasteiger charge is 2.22. The fraction of sp³-hybridized carbons (Fsp3) is 0.600. The van der Waals surface area contributed by atoms with E-state index in [0.717, 1.165) is 44.0 Å². The maximum Gasteiger partial charge on any atom is 0.125 e. The monoisotopic (exact) mass is 265 g/mol. The van der Waals surface area contributed by atoms with Crippen molar-refractivity contribution in [1.29, 1.82) is 0 Å². The molecule has 1 atom stereocenters. The van der Waals surface area contributed by atoms with Gasteiger partial charge in [0.25, 0.3) is 0 Å². The lowest BCUT2D eigenvalue weighted by atomic mass is 10.1. The van der Waals surface area contributed by atoms with Crippen LogP contribution in [0.2, 0.25) is 0 Å². The Morgan fingerprint density at radius 3 is 2.79 bits per heavy atom. The number of likely N-dealkylation sites (N-methyl/N-ethyl adjacent to an activating group) is 1.